The normalized spacial score (nSPS) is 21.6. The number of benzene rings is 3. The molecule has 2 atom stereocenters. The van der Waals surface area contributed by atoms with Gasteiger partial charge >= 0.3 is 12.0 Å². The summed E-state index contributed by atoms with van der Waals surface area (Å²) in [5.74, 6) is -0.334. The highest BCUT2D eigenvalue weighted by Gasteiger charge is 2.47. The molecule has 1 aliphatic carbocycles. The average Bonchev–Trinajstić information content (AvgIpc) is 3.41. The van der Waals surface area contributed by atoms with Crippen LogP contribution in [0.1, 0.15) is 36.0 Å². The third kappa shape index (κ3) is 3.47. The van der Waals surface area contributed by atoms with E-state index in [-0.39, 0.29) is 30.1 Å². The van der Waals surface area contributed by atoms with Crippen molar-refractivity contribution in [1.29, 1.82) is 0 Å². The third-order valence-electron chi connectivity index (χ3n) is 7.72. The minimum Gasteiger partial charge on any atom is -0.466 e. The first-order valence-electron chi connectivity index (χ1n) is 12.1. The highest BCUT2D eigenvalue weighted by molar-refractivity contribution is 6.02. The van der Waals surface area contributed by atoms with Crippen molar-refractivity contribution in [3.63, 3.8) is 0 Å². The van der Waals surface area contributed by atoms with E-state index >= 15 is 0 Å². The molecule has 2 amide bonds. The molecule has 3 aromatic rings. The van der Waals surface area contributed by atoms with Gasteiger partial charge in [0.25, 0.3) is 0 Å². The van der Waals surface area contributed by atoms with Crippen molar-refractivity contribution in [3.8, 4) is 0 Å². The summed E-state index contributed by atoms with van der Waals surface area (Å²) in [4.78, 5) is 28.4. The Labute approximate surface area is 199 Å². The van der Waals surface area contributed by atoms with Crippen molar-refractivity contribution in [2.75, 3.05) is 7.11 Å². The van der Waals surface area contributed by atoms with Gasteiger partial charge in [-0.25, -0.2) is 9.59 Å². The summed E-state index contributed by atoms with van der Waals surface area (Å²) < 4.78 is 5.23. The minimum atomic E-state index is -0.334. The van der Waals surface area contributed by atoms with Crippen LogP contribution in [0.15, 0.2) is 72.3 Å². The topological polar surface area (TPSA) is 58.6 Å². The molecule has 3 aromatic carbocycles. The number of fused-ring (bicyclic) bond motifs is 4. The Hall–Kier alpha value is -3.60. The zero-order chi connectivity index (χ0) is 23.2. The fraction of sp³-hybridized carbons (Fsp3) is 0.310. The number of urea groups is 1. The third-order valence-corrected chi connectivity index (χ3v) is 7.72. The van der Waals surface area contributed by atoms with E-state index in [4.69, 9.17) is 4.74 Å². The number of rotatable bonds is 3. The molecule has 0 saturated carbocycles. The predicted molar refractivity (Wildman–Crippen MR) is 132 cm³/mol. The molecule has 5 nitrogen and oxygen atoms in total. The molecule has 2 heterocycles. The van der Waals surface area contributed by atoms with Crippen molar-refractivity contribution < 1.29 is 14.3 Å². The van der Waals surface area contributed by atoms with E-state index in [0.29, 0.717) is 12.0 Å². The van der Waals surface area contributed by atoms with E-state index in [1.165, 1.54) is 23.6 Å². The maximum atomic E-state index is 13.5. The smallest absolute Gasteiger partial charge is 0.336 e. The Bertz CT molecular complexity index is 1300. The molecule has 1 fully saturated rings. The van der Waals surface area contributed by atoms with E-state index in [2.05, 4.69) is 59.9 Å². The molecule has 5 heteroatoms. The van der Waals surface area contributed by atoms with Crippen LogP contribution < -0.4 is 5.32 Å². The zero-order valence-electron chi connectivity index (χ0n) is 19.3. The minimum absolute atomic E-state index is 0.0655. The van der Waals surface area contributed by atoms with Crippen LogP contribution in [-0.4, -0.2) is 42.1 Å². The van der Waals surface area contributed by atoms with Crippen molar-refractivity contribution >= 4 is 28.3 Å². The number of carbonyl (C=O) groups excluding carboxylic acids is 2. The molecule has 0 spiro atoms. The fourth-order valence-electron chi connectivity index (χ4n) is 6.15. The van der Waals surface area contributed by atoms with Crippen molar-refractivity contribution in [2.45, 2.75) is 50.2 Å². The summed E-state index contributed by atoms with van der Waals surface area (Å²) in [5, 5.41) is 5.58. The number of carbonyl (C=O) groups is 2. The molecule has 0 radical (unpaired) electrons. The van der Waals surface area contributed by atoms with Gasteiger partial charge in [-0.1, -0.05) is 60.7 Å². The first-order chi connectivity index (χ1) is 16.6. The molecule has 6 rings (SSSR count). The number of ether oxygens (including phenoxy) is 1. The Morgan fingerprint density at radius 3 is 2.32 bits per heavy atom. The lowest BCUT2D eigenvalue weighted by atomic mass is 9.87. The summed E-state index contributed by atoms with van der Waals surface area (Å²) in [6, 6.07) is 22.8. The van der Waals surface area contributed by atoms with E-state index in [9.17, 15) is 9.59 Å². The molecule has 0 unspecified atom stereocenters. The molecule has 0 aromatic heterocycles. The second-order valence-electron chi connectivity index (χ2n) is 9.63. The monoisotopic (exact) mass is 452 g/mol. The van der Waals surface area contributed by atoms with E-state index in [1.807, 2.05) is 17.0 Å². The largest absolute Gasteiger partial charge is 0.466 e. The lowest BCUT2D eigenvalue weighted by Crippen LogP contribution is -2.53. The van der Waals surface area contributed by atoms with E-state index in [0.717, 1.165) is 42.2 Å². The molecule has 34 heavy (non-hydrogen) atoms. The van der Waals surface area contributed by atoms with Gasteiger partial charge in [-0.15, -0.1) is 0 Å². The fourth-order valence-corrected chi connectivity index (χ4v) is 6.15. The summed E-state index contributed by atoms with van der Waals surface area (Å²) >= 11 is 0. The molecule has 1 saturated heterocycles. The second-order valence-corrected chi connectivity index (χ2v) is 9.63. The molecule has 2 bridgehead atoms. The lowest BCUT2D eigenvalue weighted by molar-refractivity contribution is -0.136. The van der Waals surface area contributed by atoms with Crippen molar-refractivity contribution in [2.24, 2.45) is 0 Å². The Morgan fingerprint density at radius 2 is 1.59 bits per heavy atom. The highest BCUT2D eigenvalue weighted by atomic mass is 16.5. The van der Waals surface area contributed by atoms with Gasteiger partial charge in [0.05, 0.1) is 18.7 Å². The number of hydrogen-bond acceptors (Lipinski definition) is 3. The number of amides is 2. The molecular weight excluding hydrogens is 424 g/mol. The van der Waals surface area contributed by atoms with E-state index in [1.54, 1.807) is 0 Å². The number of nitrogens with zero attached hydrogens (tertiary/aromatic N) is 1. The summed E-state index contributed by atoms with van der Waals surface area (Å²) in [5.41, 5.74) is 5.31. The Balaban J connectivity index is 1.31. The molecule has 172 valence electrons. The lowest BCUT2D eigenvalue weighted by Gasteiger charge is -2.37. The number of hydrogen-bond donors (Lipinski definition) is 1. The Morgan fingerprint density at radius 1 is 0.882 bits per heavy atom. The summed E-state index contributed by atoms with van der Waals surface area (Å²) in [6.45, 7) is 0. The zero-order valence-corrected chi connectivity index (χ0v) is 19.3. The van der Waals surface area contributed by atoms with Crippen LogP contribution >= 0.6 is 0 Å². The highest BCUT2D eigenvalue weighted by Crippen LogP contribution is 2.44. The number of methoxy groups -OCH3 is 1. The van der Waals surface area contributed by atoms with E-state index < -0.39 is 0 Å². The van der Waals surface area contributed by atoms with Crippen LogP contribution in [0, 0.1) is 0 Å². The summed E-state index contributed by atoms with van der Waals surface area (Å²) in [7, 11) is 1.43. The van der Waals surface area contributed by atoms with Gasteiger partial charge < -0.3 is 15.0 Å². The van der Waals surface area contributed by atoms with Gasteiger partial charge in [0.1, 0.15) is 0 Å². The predicted octanol–water partition coefficient (Wildman–Crippen LogP) is 4.88. The standard InChI is InChI=1S/C29H28N2O3/c1-34-28(32)27-25(22-11-10-18-6-2-3-7-19(18)14-22)17-24-12-13-26(27)31(24)29(33)30-23-15-20-8-4-5-9-21(20)16-23/h2-11,14,23-24,26H,12-13,15-17H2,1H3,(H,30,33)/t24-,26+/m0/s1. The van der Waals surface area contributed by atoms with Crippen LogP contribution in [0.4, 0.5) is 4.79 Å². The van der Waals surface area contributed by atoms with Gasteiger partial charge in [-0.2, -0.15) is 0 Å². The number of esters is 1. The van der Waals surface area contributed by atoms with Gasteiger partial charge in [0.2, 0.25) is 0 Å². The van der Waals surface area contributed by atoms with Gasteiger partial charge in [0, 0.05) is 12.1 Å². The van der Waals surface area contributed by atoms with Crippen LogP contribution in [0.3, 0.4) is 0 Å². The molecule has 2 aliphatic heterocycles. The van der Waals surface area contributed by atoms with Crippen LogP contribution in [0.5, 0.6) is 0 Å². The van der Waals surface area contributed by atoms with Gasteiger partial charge in [0.15, 0.2) is 0 Å². The maximum absolute atomic E-state index is 13.5. The van der Waals surface area contributed by atoms with Crippen LogP contribution in [-0.2, 0) is 22.4 Å². The van der Waals surface area contributed by atoms with Crippen LogP contribution in [0.25, 0.3) is 16.3 Å². The molecular formula is C29H28N2O3. The molecule has 3 aliphatic rings. The summed E-state index contributed by atoms with van der Waals surface area (Å²) in [6.07, 6.45) is 4.04. The molecule has 1 N–H and O–H groups in total. The average molecular weight is 453 g/mol. The maximum Gasteiger partial charge on any atom is 0.336 e. The Kier molecular flexibility index (Phi) is 5.13. The van der Waals surface area contributed by atoms with Crippen molar-refractivity contribution in [3.05, 3.63) is 89.0 Å². The SMILES string of the molecule is COC(=O)C1=C(c2ccc3ccccc3c2)C[C@@H]2CC[C@H]1N2C(=O)NC1Cc2ccccc2C1. The first-order valence-corrected chi connectivity index (χ1v) is 12.1. The van der Waals surface area contributed by atoms with Gasteiger partial charge in [-0.3, -0.25) is 0 Å². The van der Waals surface area contributed by atoms with Gasteiger partial charge in [-0.05, 0) is 71.2 Å². The quantitative estimate of drug-likeness (QED) is 0.576. The van der Waals surface area contributed by atoms with Crippen molar-refractivity contribution in [1.82, 2.24) is 10.2 Å². The first kappa shape index (κ1) is 21.0. The second kappa shape index (κ2) is 8.32. The number of nitrogens with one attached hydrogen (secondary N) is 1. The van der Waals surface area contributed by atoms with Crippen LogP contribution in [0.2, 0.25) is 0 Å².